The molecule has 5 rings (SSSR count). The highest BCUT2D eigenvalue weighted by Gasteiger charge is 2.27. The molecule has 8 heteroatoms. The fourth-order valence-corrected chi connectivity index (χ4v) is 4.55. The SMILES string of the molecule is CN1CCN(c2nc3ccc(NC(=O)C4COc5ccccc5O4)cc3s2)CC1. The largest absolute Gasteiger partial charge is 0.485 e. The summed E-state index contributed by atoms with van der Waals surface area (Å²) in [6, 6.07) is 13.2. The number of ether oxygens (including phenoxy) is 2. The lowest BCUT2D eigenvalue weighted by molar-refractivity contribution is -0.125. The average Bonchev–Trinajstić information content (AvgIpc) is 3.17. The van der Waals surface area contributed by atoms with Crippen molar-refractivity contribution in [2.75, 3.05) is 50.1 Å². The van der Waals surface area contributed by atoms with Gasteiger partial charge in [0.15, 0.2) is 16.6 Å². The van der Waals surface area contributed by atoms with Gasteiger partial charge in [0.05, 0.1) is 10.2 Å². The molecule has 1 unspecified atom stereocenters. The van der Waals surface area contributed by atoms with E-state index in [1.54, 1.807) is 17.4 Å². The number of hydrogen-bond acceptors (Lipinski definition) is 7. The van der Waals surface area contributed by atoms with Crippen LogP contribution in [-0.4, -0.2) is 61.7 Å². The third kappa shape index (κ3) is 3.73. The third-order valence-electron chi connectivity index (χ3n) is 5.22. The van der Waals surface area contributed by atoms with E-state index in [4.69, 9.17) is 14.5 Å². The highest BCUT2D eigenvalue weighted by atomic mass is 32.1. The zero-order valence-electron chi connectivity index (χ0n) is 16.1. The number of fused-ring (bicyclic) bond motifs is 2. The number of aromatic nitrogens is 1. The van der Waals surface area contributed by atoms with E-state index in [1.807, 2.05) is 36.4 Å². The molecular formula is C21H22N4O3S. The molecule has 1 saturated heterocycles. The number of nitrogens with zero attached hydrogens (tertiary/aromatic N) is 3. The summed E-state index contributed by atoms with van der Waals surface area (Å²) in [4.78, 5) is 22.1. The zero-order valence-corrected chi connectivity index (χ0v) is 16.9. The Balaban J connectivity index is 1.29. The first kappa shape index (κ1) is 18.2. The Morgan fingerprint density at radius 1 is 1.14 bits per heavy atom. The van der Waals surface area contributed by atoms with E-state index < -0.39 is 6.10 Å². The van der Waals surface area contributed by atoms with Crippen LogP contribution in [0, 0.1) is 0 Å². The second-order valence-corrected chi connectivity index (χ2v) is 8.33. The van der Waals surface area contributed by atoms with E-state index in [-0.39, 0.29) is 12.5 Å². The number of amides is 1. The molecular weight excluding hydrogens is 388 g/mol. The van der Waals surface area contributed by atoms with Crippen molar-refractivity contribution < 1.29 is 14.3 Å². The van der Waals surface area contributed by atoms with Gasteiger partial charge in [0, 0.05) is 31.9 Å². The number of carbonyl (C=O) groups excluding carboxylic acids is 1. The standard InChI is InChI=1S/C21H22N4O3S/c1-24-8-10-25(11-9-24)21-23-15-7-6-14(12-19(15)29-21)22-20(26)18-13-27-16-4-2-3-5-17(16)28-18/h2-7,12,18H,8-11,13H2,1H3,(H,22,26). The number of piperazine rings is 1. The monoisotopic (exact) mass is 410 g/mol. The van der Waals surface area contributed by atoms with Crippen molar-refractivity contribution in [1.29, 1.82) is 0 Å². The number of nitrogens with one attached hydrogen (secondary N) is 1. The lowest BCUT2D eigenvalue weighted by Crippen LogP contribution is -2.44. The molecule has 3 heterocycles. The van der Waals surface area contributed by atoms with E-state index in [9.17, 15) is 4.79 Å². The molecule has 0 spiro atoms. The molecule has 1 atom stereocenters. The van der Waals surface area contributed by atoms with Gasteiger partial charge in [-0.1, -0.05) is 23.5 Å². The number of likely N-dealkylation sites (N-methyl/N-ethyl adjacent to an activating group) is 1. The minimum atomic E-state index is -0.678. The van der Waals surface area contributed by atoms with Crippen LogP contribution in [0.3, 0.4) is 0 Å². The van der Waals surface area contributed by atoms with Crippen molar-refractivity contribution in [3.05, 3.63) is 42.5 Å². The van der Waals surface area contributed by atoms with Crippen molar-refractivity contribution in [2.24, 2.45) is 0 Å². The Morgan fingerprint density at radius 2 is 1.93 bits per heavy atom. The fraction of sp³-hybridized carbons (Fsp3) is 0.333. The number of thiazole rings is 1. The lowest BCUT2D eigenvalue weighted by atomic mass is 10.2. The Morgan fingerprint density at radius 3 is 2.76 bits per heavy atom. The summed E-state index contributed by atoms with van der Waals surface area (Å²) in [5, 5.41) is 3.98. The van der Waals surface area contributed by atoms with Crippen molar-refractivity contribution in [2.45, 2.75) is 6.10 Å². The van der Waals surface area contributed by atoms with Gasteiger partial charge < -0.3 is 24.6 Å². The summed E-state index contributed by atoms with van der Waals surface area (Å²) in [5.41, 5.74) is 1.69. The second-order valence-electron chi connectivity index (χ2n) is 7.32. The Kier molecular flexibility index (Phi) is 4.73. The molecule has 1 N–H and O–H groups in total. The number of anilines is 2. The molecule has 0 radical (unpaired) electrons. The smallest absolute Gasteiger partial charge is 0.269 e. The molecule has 0 bridgehead atoms. The zero-order chi connectivity index (χ0) is 19.8. The third-order valence-corrected chi connectivity index (χ3v) is 6.30. The summed E-state index contributed by atoms with van der Waals surface area (Å²) in [5.74, 6) is 1.04. The summed E-state index contributed by atoms with van der Waals surface area (Å²) < 4.78 is 12.5. The van der Waals surface area contributed by atoms with Gasteiger partial charge in [0.2, 0.25) is 6.10 Å². The molecule has 7 nitrogen and oxygen atoms in total. The Bertz CT molecular complexity index is 1050. The Hall–Kier alpha value is -2.84. The van der Waals surface area contributed by atoms with E-state index in [0.717, 1.165) is 47.2 Å². The molecule has 0 aliphatic carbocycles. The molecule has 1 aromatic heterocycles. The fourth-order valence-electron chi connectivity index (χ4n) is 3.49. The van der Waals surface area contributed by atoms with Crippen molar-refractivity contribution in [1.82, 2.24) is 9.88 Å². The van der Waals surface area contributed by atoms with Crippen LogP contribution in [0.2, 0.25) is 0 Å². The lowest BCUT2D eigenvalue weighted by Gasteiger charge is -2.31. The summed E-state index contributed by atoms with van der Waals surface area (Å²) in [6.45, 7) is 4.26. The summed E-state index contributed by atoms with van der Waals surface area (Å²) in [7, 11) is 2.14. The van der Waals surface area contributed by atoms with Crippen molar-refractivity contribution >= 4 is 38.3 Å². The quantitative estimate of drug-likeness (QED) is 0.716. The number of rotatable bonds is 3. The molecule has 1 amide bonds. The first-order valence-electron chi connectivity index (χ1n) is 9.69. The molecule has 2 aliphatic rings. The van der Waals surface area contributed by atoms with Gasteiger partial charge in [-0.25, -0.2) is 4.98 Å². The molecule has 0 saturated carbocycles. The van der Waals surface area contributed by atoms with Crippen molar-refractivity contribution in [3.8, 4) is 11.5 Å². The molecule has 1 fully saturated rings. The minimum absolute atomic E-state index is 0.194. The molecule has 2 aliphatic heterocycles. The van der Waals surface area contributed by atoms with Gasteiger partial charge in [-0.05, 0) is 37.4 Å². The molecule has 29 heavy (non-hydrogen) atoms. The van der Waals surface area contributed by atoms with Crippen LogP contribution in [-0.2, 0) is 4.79 Å². The van der Waals surface area contributed by atoms with E-state index in [2.05, 4.69) is 22.2 Å². The van der Waals surface area contributed by atoms with Crippen LogP contribution >= 0.6 is 11.3 Å². The van der Waals surface area contributed by atoms with Crippen LogP contribution in [0.15, 0.2) is 42.5 Å². The van der Waals surface area contributed by atoms with E-state index in [1.165, 1.54) is 0 Å². The van der Waals surface area contributed by atoms with Gasteiger partial charge in [-0.2, -0.15) is 0 Å². The summed E-state index contributed by atoms with van der Waals surface area (Å²) >= 11 is 1.66. The number of benzene rings is 2. The van der Waals surface area contributed by atoms with Gasteiger partial charge in [-0.3, -0.25) is 4.79 Å². The van der Waals surface area contributed by atoms with Gasteiger partial charge in [0.1, 0.15) is 6.61 Å². The van der Waals surface area contributed by atoms with E-state index in [0.29, 0.717) is 11.5 Å². The maximum Gasteiger partial charge on any atom is 0.269 e. The number of para-hydroxylation sites is 2. The number of carbonyl (C=O) groups is 1. The average molecular weight is 410 g/mol. The molecule has 2 aromatic carbocycles. The normalized spacial score (nSPS) is 19.3. The predicted octanol–water partition coefficient (Wildman–Crippen LogP) is 2.83. The maximum atomic E-state index is 12.7. The minimum Gasteiger partial charge on any atom is -0.485 e. The van der Waals surface area contributed by atoms with Crippen LogP contribution in [0.1, 0.15) is 0 Å². The maximum absolute atomic E-state index is 12.7. The van der Waals surface area contributed by atoms with Crippen LogP contribution in [0.25, 0.3) is 10.2 Å². The van der Waals surface area contributed by atoms with Crippen LogP contribution in [0.5, 0.6) is 11.5 Å². The van der Waals surface area contributed by atoms with E-state index >= 15 is 0 Å². The van der Waals surface area contributed by atoms with Crippen LogP contribution < -0.4 is 19.7 Å². The molecule has 3 aromatic rings. The number of hydrogen-bond donors (Lipinski definition) is 1. The van der Waals surface area contributed by atoms with Gasteiger partial charge >= 0.3 is 0 Å². The second kappa shape index (κ2) is 7.53. The highest BCUT2D eigenvalue weighted by Crippen LogP contribution is 2.33. The van der Waals surface area contributed by atoms with Crippen molar-refractivity contribution in [3.63, 3.8) is 0 Å². The first-order valence-corrected chi connectivity index (χ1v) is 10.5. The topological polar surface area (TPSA) is 66.9 Å². The van der Waals surface area contributed by atoms with Crippen LogP contribution in [0.4, 0.5) is 10.8 Å². The molecule has 150 valence electrons. The van der Waals surface area contributed by atoms with Gasteiger partial charge in [0.25, 0.3) is 5.91 Å². The van der Waals surface area contributed by atoms with Gasteiger partial charge in [-0.15, -0.1) is 0 Å². The summed E-state index contributed by atoms with van der Waals surface area (Å²) in [6.07, 6.45) is -0.678. The first-order chi connectivity index (χ1) is 14.2. The predicted molar refractivity (Wildman–Crippen MR) is 114 cm³/mol. The highest BCUT2D eigenvalue weighted by molar-refractivity contribution is 7.22. The Labute approximate surface area is 172 Å².